The highest BCUT2D eigenvalue weighted by atomic mass is 16.5. The fraction of sp³-hybridized carbons (Fsp3) is 0.321. The van der Waals surface area contributed by atoms with E-state index < -0.39 is 0 Å². The minimum Gasteiger partial charge on any atom is -0.496 e. The quantitative estimate of drug-likeness (QED) is 0.497. The zero-order chi connectivity index (χ0) is 23.0. The number of pyridine rings is 1. The van der Waals surface area contributed by atoms with E-state index in [1.165, 1.54) is 16.7 Å². The number of nitriles is 2. The number of benzene rings is 2. The van der Waals surface area contributed by atoms with Gasteiger partial charge in [-0.15, -0.1) is 0 Å². The monoisotopic (exact) mass is 436 g/mol. The van der Waals surface area contributed by atoms with Gasteiger partial charge in [0.1, 0.15) is 17.5 Å². The average Bonchev–Trinajstić information content (AvgIpc) is 2.88. The summed E-state index contributed by atoms with van der Waals surface area (Å²) in [7, 11) is 1.72. The maximum atomic E-state index is 9.27. The lowest BCUT2D eigenvalue weighted by molar-refractivity contribution is 0.181. The van der Waals surface area contributed by atoms with Crippen molar-refractivity contribution in [3.8, 4) is 17.9 Å². The van der Waals surface area contributed by atoms with E-state index in [4.69, 9.17) is 10.00 Å². The van der Waals surface area contributed by atoms with Gasteiger partial charge in [0.25, 0.3) is 0 Å². The van der Waals surface area contributed by atoms with Gasteiger partial charge in [-0.05, 0) is 73.1 Å². The molecule has 2 aromatic carbocycles. The summed E-state index contributed by atoms with van der Waals surface area (Å²) in [6.45, 7) is 1.81. The third-order valence-electron chi connectivity index (χ3n) is 6.45. The highest BCUT2D eigenvalue weighted by molar-refractivity contribution is 5.35. The van der Waals surface area contributed by atoms with Crippen LogP contribution in [0.5, 0.6) is 5.75 Å². The van der Waals surface area contributed by atoms with Crippen LogP contribution in [0.4, 0.5) is 0 Å². The second kappa shape index (κ2) is 10.8. The van der Waals surface area contributed by atoms with Crippen LogP contribution in [-0.4, -0.2) is 30.1 Å². The normalized spacial score (nSPS) is 14.8. The fourth-order valence-corrected chi connectivity index (χ4v) is 4.69. The molecule has 0 aliphatic heterocycles. The number of aromatic nitrogens is 1. The maximum Gasteiger partial charge on any atom is 0.140 e. The molecular weight excluding hydrogens is 408 g/mol. The van der Waals surface area contributed by atoms with Gasteiger partial charge in [0, 0.05) is 24.8 Å². The SMILES string of the molecule is COc1ccccc1CCN(CCc1ccc(C#N)cc1)[C@H]1CCCc2nc(C#N)ccc21. The van der Waals surface area contributed by atoms with E-state index in [1.54, 1.807) is 7.11 Å². The van der Waals surface area contributed by atoms with Crippen LogP contribution in [0.15, 0.2) is 60.7 Å². The van der Waals surface area contributed by atoms with E-state index in [2.05, 4.69) is 40.2 Å². The summed E-state index contributed by atoms with van der Waals surface area (Å²) in [5, 5.41) is 18.3. The second-order valence-corrected chi connectivity index (χ2v) is 8.41. The van der Waals surface area contributed by atoms with Crippen LogP contribution in [0.3, 0.4) is 0 Å². The number of hydrogen-bond donors (Lipinski definition) is 0. The Morgan fingerprint density at radius 1 is 0.970 bits per heavy atom. The predicted molar refractivity (Wildman–Crippen MR) is 128 cm³/mol. The zero-order valence-corrected chi connectivity index (χ0v) is 19.0. The van der Waals surface area contributed by atoms with Gasteiger partial charge in [-0.1, -0.05) is 36.4 Å². The first-order chi connectivity index (χ1) is 16.2. The zero-order valence-electron chi connectivity index (χ0n) is 19.0. The third kappa shape index (κ3) is 5.40. The number of rotatable bonds is 8. The van der Waals surface area contributed by atoms with Crippen LogP contribution in [0.25, 0.3) is 0 Å². The largest absolute Gasteiger partial charge is 0.496 e. The van der Waals surface area contributed by atoms with Gasteiger partial charge >= 0.3 is 0 Å². The Hall–Kier alpha value is -3.67. The Balaban J connectivity index is 1.57. The average molecular weight is 437 g/mol. The highest BCUT2D eigenvalue weighted by Crippen LogP contribution is 2.34. The summed E-state index contributed by atoms with van der Waals surface area (Å²) < 4.78 is 5.57. The van der Waals surface area contributed by atoms with Crippen molar-refractivity contribution in [3.05, 3.63) is 94.3 Å². The lowest BCUT2D eigenvalue weighted by Gasteiger charge is -2.36. The third-order valence-corrected chi connectivity index (χ3v) is 6.45. The summed E-state index contributed by atoms with van der Waals surface area (Å²) in [5.74, 6) is 0.925. The Bertz CT molecular complexity index is 1170. The van der Waals surface area contributed by atoms with Crippen LogP contribution >= 0.6 is 0 Å². The molecule has 3 aromatic rings. The smallest absolute Gasteiger partial charge is 0.140 e. The summed E-state index contributed by atoms with van der Waals surface area (Å²) in [4.78, 5) is 7.16. The molecule has 33 heavy (non-hydrogen) atoms. The molecule has 1 heterocycles. The molecule has 0 N–H and O–H groups in total. The van der Waals surface area contributed by atoms with E-state index in [0.29, 0.717) is 11.3 Å². The van der Waals surface area contributed by atoms with Gasteiger partial charge in [-0.25, -0.2) is 4.98 Å². The molecule has 0 radical (unpaired) electrons. The van der Waals surface area contributed by atoms with Gasteiger partial charge in [0.05, 0.1) is 18.7 Å². The van der Waals surface area contributed by atoms with Gasteiger partial charge in [0.15, 0.2) is 0 Å². The lowest BCUT2D eigenvalue weighted by Crippen LogP contribution is -2.35. The Morgan fingerprint density at radius 3 is 2.52 bits per heavy atom. The molecule has 4 rings (SSSR count). The minimum atomic E-state index is 0.280. The van der Waals surface area contributed by atoms with E-state index >= 15 is 0 Å². The second-order valence-electron chi connectivity index (χ2n) is 8.41. The van der Waals surface area contributed by atoms with Crippen molar-refractivity contribution in [2.45, 2.75) is 38.1 Å². The molecular formula is C28H28N4O. The van der Waals surface area contributed by atoms with Gasteiger partial charge in [-0.2, -0.15) is 10.5 Å². The van der Waals surface area contributed by atoms with Crippen molar-refractivity contribution >= 4 is 0 Å². The van der Waals surface area contributed by atoms with Crippen LogP contribution in [-0.2, 0) is 19.3 Å². The van der Waals surface area contributed by atoms with Crippen LogP contribution in [0.2, 0.25) is 0 Å². The van der Waals surface area contributed by atoms with Crippen molar-refractivity contribution in [3.63, 3.8) is 0 Å². The molecule has 0 saturated carbocycles. The van der Waals surface area contributed by atoms with Crippen molar-refractivity contribution < 1.29 is 4.74 Å². The Morgan fingerprint density at radius 2 is 1.76 bits per heavy atom. The summed E-state index contributed by atoms with van der Waals surface area (Å²) >= 11 is 0. The number of ether oxygens (including phenoxy) is 1. The molecule has 1 aromatic heterocycles. The van der Waals surface area contributed by atoms with Gasteiger partial charge in [-0.3, -0.25) is 4.90 Å². The predicted octanol–water partition coefficient (Wildman–Crippen LogP) is 5.00. The van der Waals surface area contributed by atoms with Crippen molar-refractivity contribution in [2.24, 2.45) is 0 Å². The minimum absolute atomic E-state index is 0.280. The molecule has 0 bridgehead atoms. The molecule has 5 heteroatoms. The highest BCUT2D eigenvalue weighted by Gasteiger charge is 2.27. The lowest BCUT2D eigenvalue weighted by atomic mass is 9.89. The number of fused-ring (bicyclic) bond motifs is 1. The summed E-state index contributed by atoms with van der Waals surface area (Å²) in [6, 6.07) is 24.7. The molecule has 166 valence electrons. The standard InChI is InChI=1S/C28H28N4O/c1-33-28-8-3-2-5-23(28)16-18-32(17-15-21-9-11-22(19-29)12-10-21)27-7-4-6-26-25(27)14-13-24(20-30)31-26/h2-3,5,8-14,27H,4,6-7,15-18H2,1H3/t27-/m0/s1. The van der Waals surface area contributed by atoms with Crippen molar-refractivity contribution in [1.82, 2.24) is 9.88 Å². The van der Waals surface area contributed by atoms with Crippen LogP contribution in [0, 0.1) is 22.7 Å². The summed E-state index contributed by atoms with van der Waals surface area (Å²) in [6.07, 6.45) is 4.89. The molecule has 0 spiro atoms. The molecule has 0 unspecified atom stereocenters. The molecule has 0 fully saturated rings. The van der Waals surface area contributed by atoms with Crippen LogP contribution < -0.4 is 4.74 Å². The first kappa shape index (κ1) is 22.5. The first-order valence-electron chi connectivity index (χ1n) is 11.5. The number of hydrogen-bond acceptors (Lipinski definition) is 5. The van der Waals surface area contributed by atoms with E-state index in [1.807, 2.05) is 42.5 Å². The molecule has 1 atom stereocenters. The molecule has 5 nitrogen and oxygen atoms in total. The Labute approximate surface area is 195 Å². The molecule has 0 amide bonds. The van der Waals surface area contributed by atoms with Crippen LogP contribution in [0.1, 0.15) is 52.5 Å². The number of aryl methyl sites for hydroxylation is 1. The van der Waals surface area contributed by atoms with Gasteiger partial charge < -0.3 is 4.74 Å². The molecule has 1 aliphatic carbocycles. The summed E-state index contributed by atoms with van der Waals surface area (Å²) in [5.41, 5.74) is 5.92. The molecule has 0 saturated heterocycles. The van der Waals surface area contributed by atoms with E-state index in [9.17, 15) is 5.26 Å². The van der Waals surface area contributed by atoms with E-state index in [-0.39, 0.29) is 6.04 Å². The fourth-order valence-electron chi connectivity index (χ4n) is 4.69. The number of para-hydroxylation sites is 1. The van der Waals surface area contributed by atoms with Crippen molar-refractivity contribution in [2.75, 3.05) is 20.2 Å². The topological polar surface area (TPSA) is 72.9 Å². The maximum absolute atomic E-state index is 9.27. The van der Waals surface area contributed by atoms with Gasteiger partial charge in [0.2, 0.25) is 0 Å². The van der Waals surface area contributed by atoms with E-state index in [0.717, 1.165) is 56.6 Å². The number of nitrogens with zero attached hydrogens (tertiary/aromatic N) is 4. The Kier molecular flexibility index (Phi) is 7.35. The number of methoxy groups -OCH3 is 1. The first-order valence-corrected chi connectivity index (χ1v) is 11.5. The molecule has 1 aliphatic rings. The van der Waals surface area contributed by atoms with Crippen molar-refractivity contribution in [1.29, 1.82) is 10.5 Å².